The molecule has 4 heteroatoms. The van der Waals surface area contributed by atoms with Crippen molar-refractivity contribution in [1.29, 1.82) is 0 Å². The zero-order valence-corrected chi connectivity index (χ0v) is 12.1. The summed E-state index contributed by atoms with van der Waals surface area (Å²) in [5.74, 6) is -1.04. The van der Waals surface area contributed by atoms with Crippen molar-refractivity contribution < 1.29 is 19.1 Å². The Kier molecular flexibility index (Phi) is 6.06. The molecule has 0 heterocycles. The molecule has 0 aromatic carbocycles. The summed E-state index contributed by atoms with van der Waals surface area (Å²) in [7, 11) is 2.60. The minimum Gasteiger partial charge on any atom is -0.468 e. The van der Waals surface area contributed by atoms with Crippen LogP contribution in [0.15, 0.2) is 12.2 Å². The number of carbonyl (C=O) groups is 2. The summed E-state index contributed by atoms with van der Waals surface area (Å²) in [6.07, 6.45) is 10.4. The molecular formula is C15H24O4. The summed E-state index contributed by atoms with van der Waals surface area (Å²) in [5.41, 5.74) is -1.08. The van der Waals surface area contributed by atoms with E-state index >= 15 is 0 Å². The van der Waals surface area contributed by atoms with Gasteiger partial charge in [0.25, 0.3) is 0 Å². The average Bonchev–Trinajstić information content (AvgIpc) is 3.16. The van der Waals surface area contributed by atoms with Crippen molar-refractivity contribution in [1.82, 2.24) is 0 Å². The maximum Gasteiger partial charge on any atom is 0.323 e. The van der Waals surface area contributed by atoms with E-state index in [0.717, 1.165) is 12.8 Å². The molecule has 1 atom stereocenters. The van der Waals surface area contributed by atoms with Crippen molar-refractivity contribution in [3.63, 3.8) is 0 Å². The van der Waals surface area contributed by atoms with Gasteiger partial charge in [0.1, 0.15) is 0 Å². The molecule has 1 saturated carbocycles. The largest absolute Gasteiger partial charge is 0.468 e. The summed E-state index contributed by atoms with van der Waals surface area (Å²) in [4.78, 5) is 23.4. The van der Waals surface area contributed by atoms with Crippen LogP contribution in [0.25, 0.3) is 0 Å². The van der Waals surface area contributed by atoms with Crippen molar-refractivity contribution in [2.75, 3.05) is 14.2 Å². The molecule has 0 bridgehead atoms. The predicted octanol–water partition coefficient (Wildman–Crippen LogP) is 2.87. The van der Waals surface area contributed by atoms with Crippen molar-refractivity contribution in [3.8, 4) is 0 Å². The first-order chi connectivity index (χ1) is 9.13. The maximum absolute atomic E-state index is 11.7. The standard InChI is InChI=1S/C15H24O4/c1-4-5-6-7-8-9-10-12-11-15(12,13(16)18-2)14(17)19-3/h9-10,12H,4-8,11H2,1-3H3/b10-9+. The third-order valence-electron chi connectivity index (χ3n) is 3.71. The smallest absolute Gasteiger partial charge is 0.323 e. The van der Waals surface area contributed by atoms with E-state index in [2.05, 4.69) is 13.0 Å². The minimum atomic E-state index is -1.08. The van der Waals surface area contributed by atoms with Gasteiger partial charge in [-0.3, -0.25) is 9.59 Å². The predicted molar refractivity (Wildman–Crippen MR) is 72.5 cm³/mol. The van der Waals surface area contributed by atoms with Gasteiger partial charge in [-0.15, -0.1) is 0 Å². The topological polar surface area (TPSA) is 52.6 Å². The molecule has 19 heavy (non-hydrogen) atoms. The summed E-state index contributed by atoms with van der Waals surface area (Å²) in [6.45, 7) is 2.18. The van der Waals surface area contributed by atoms with Gasteiger partial charge in [-0.2, -0.15) is 0 Å². The van der Waals surface area contributed by atoms with Gasteiger partial charge in [0.15, 0.2) is 5.41 Å². The summed E-state index contributed by atoms with van der Waals surface area (Å²) < 4.78 is 9.43. The van der Waals surface area contributed by atoms with Gasteiger partial charge in [-0.05, 0) is 19.3 Å². The third-order valence-corrected chi connectivity index (χ3v) is 3.71. The number of unbranched alkanes of at least 4 members (excludes halogenated alkanes) is 4. The number of ether oxygens (including phenoxy) is 2. The van der Waals surface area contributed by atoms with Crippen LogP contribution in [-0.2, 0) is 19.1 Å². The molecule has 0 spiro atoms. The summed E-state index contributed by atoms with van der Waals surface area (Å²) in [6, 6.07) is 0. The fourth-order valence-corrected chi connectivity index (χ4v) is 2.39. The van der Waals surface area contributed by atoms with Crippen LogP contribution in [0.3, 0.4) is 0 Å². The fraction of sp³-hybridized carbons (Fsp3) is 0.733. The molecule has 4 nitrogen and oxygen atoms in total. The second-order valence-corrected chi connectivity index (χ2v) is 5.04. The van der Waals surface area contributed by atoms with Crippen molar-refractivity contribution >= 4 is 11.9 Å². The van der Waals surface area contributed by atoms with Gasteiger partial charge in [-0.1, -0.05) is 38.3 Å². The van der Waals surface area contributed by atoms with Gasteiger partial charge in [-0.25, -0.2) is 0 Å². The van der Waals surface area contributed by atoms with E-state index in [0.29, 0.717) is 6.42 Å². The molecule has 108 valence electrons. The lowest BCUT2D eigenvalue weighted by atomic mass is 10.0. The van der Waals surface area contributed by atoms with Gasteiger partial charge in [0.2, 0.25) is 0 Å². The Bertz CT molecular complexity index is 330. The van der Waals surface area contributed by atoms with Crippen LogP contribution in [0.4, 0.5) is 0 Å². The van der Waals surface area contributed by atoms with Crippen LogP contribution in [0.2, 0.25) is 0 Å². The first-order valence-electron chi connectivity index (χ1n) is 6.97. The molecule has 0 aromatic heterocycles. The molecule has 1 fully saturated rings. The molecule has 0 aromatic rings. The van der Waals surface area contributed by atoms with Gasteiger partial charge in [0.05, 0.1) is 14.2 Å². The van der Waals surface area contributed by atoms with Crippen molar-refractivity contribution in [2.45, 2.75) is 45.4 Å². The Morgan fingerprint density at radius 1 is 1.16 bits per heavy atom. The van der Waals surface area contributed by atoms with Crippen LogP contribution < -0.4 is 0 Å². The molecule has 1 aliphatic carbocycles. The number of rotatable bonds is 8. The minimum absolute atomic E-state index is 0.0708. The van der Waals surface area contributed by atoms with E-state index in [4.69, 9.17) is 9.47 Å². The van der Waals surface area contributed by atoms with E-state index < -0.39 is 17.4 Å². The Morgan fingerprint density at radius 2 is 1.79 bits per heavy atom. The van der Waals surface area contributed by atoms with Gasteiger partial charge in [0, 0.05) is 5.92 Å². The Balaban J connectivity index is 2.46. The highest BCUT2D eigenvalue weighted by molar-refractivity contribution is 6.04. The highest BCUT2D eigenvalue weighted by Gasteiger charge is 2.66. The monoisotopic (exact) mass is 268 g/mol. The number of methoxy groups -OCH3 is 2. The van der Waals surface area contributed by atoms with Crippen LogP contribution >= 0.6 is 0 Å². The molecular weight excluding hydrogens is 244 g/mol. The molecule has 0 saturated heterocycles. The van der Waals surface area contributed by atoms with Crippen molar-refractivity contribution in [3.05, 3.63) is 12.2 Å². The lowest BCUT2D eigenvalue weighted by Gasteiger charge is -2.10. The quantitative estimate of drug-likeness (QED) is 0.294. The molecule has 1 aliphatic rings. The van der Waals surface area contributed by atoms with E-state index in [1.54, 1.807) is 0 Å². The van der Waals surface area contributed by atoms with E-state index in [9.17, 15) is 9.59 Å². The molecule has 1 rings (SSSR count). The van der Waals surface area contributed by atoms with Crippen LogP contribution in [0.1, 0.15) is 45.4 Å². The zero-order valence-electron chi connectivity index (χ0n) is 12.1. The van der Waals surface area contributed by atoms with E-state index in [1.807, 2.05) is 6.08 Å². The highest BCUT2D eigenvalue weighted by atomic mass is 16.5. The third kappa shape index (κ3) is 3.58. The maximum atomic E-state index is 11.7. The second kappa shape index (κ2) is 7.31. The first kappa shape index (κ1) is 15.7. The molecule has 1 unspecified atom stereocenters. The Morgan fingerprint density at radius 3 is 2.32 bits per heavy atom. The molecule has 0 amide bonds. The second-order valence-electron chi connectivity index (χ2n) is 5.04. The SMILES string of the molecule is CCCCCC/C=C/C1CC1(C(=O)OC)C(=O)OC. The number of allylic oxidation sites excluding steroid dienone is 2. The first-order valence-corrected chi connectivity index (χ1v) is 6.97. The van der Waals surface area contributed by atoms with Gasteiger partial charge >= 0.3 is 11.9 Å². The van der Waals surface area contributed by atoms with Crippen molar-refractivity contribution in [2.24, 2.45) is 11.3 Å². The number of carbonyl (C=O) groups excluding carboxylic acids is 2. The van der Waals surface area contributed by atoms with E-state index in [1.165, 1.54) is 33.5 Å². The number of hydrogen-bond acceptors (Lipinski definition) is 4. The summed E-state index contributed by atoms with van der Waals surface area (Å²) in [5, 5.41) is 0. The average molecular weight is 268 g/mol. The van der Waals surface area contributed by atoms with E-state index in [-0.39, 0.29) is 5.92 Å². The van der Waals surface area contributed by atoms with Crippen LogP contribution in [0, 0.1) is 11.3 Å². The molecule has 0 aliphatic heterocycles. The highest BCUT2D eigenvalue weighted by Crippen LogP contribution is 2.55. The van der Waals surface area contributed by atoms with Crippen LogP contribution in [0.5, 0.6) is 0 Å². The number of esters is 2. The Labute approximate surface area is 115 Å². The summed E-state index contributed by atoms with van der Waals surface area (Å²) >= 11 is 0. The lowest BCUT2D eigenvalue weighted by Crippen LogP contribution is -2.30. The molecule has 0 radical (unpaired) electrons. The van der Waals surface area contributed by atoms with Gasteiger partial charge < -0.3 is 9.47 Å². The lowest BCUT2D eigenvalue weighted by molar-refractivity contribution is -0.161. The normalized spacial score (nSPS) is 20.3. The number of hydrogen-bond donors (Lipinski definition) is 0. The molecule has 0 N–H and O–H groups in total. The fourth-order valence-electron chi connectivity index (χ4n) is 2.39. The zero-order chi connectivity index (χ0) is 14.3. The Hall–Kier alpha value is -1.32. The van der Waals surface area contributed by atoms with Crippen LogP contribution in [-0.4, -0.2) is 26.2 Å².